The van der Waals surface area contributed by atoms with E-state index in [9.17, 15) is 5.11 Å². The molecule has 0 spiro atoms. The Balaban J connectivity index is 2.41. The van der Waals surface area contributed by atoms with E-state index in [1.807, 2.05) is 49.4 Å². The zero-order chi connectivity index (χ0) is 15.4. The Morgan fingerprint density at radius 3 is 2.62 bits per heavy atom. The Labute approximate surface area is 133 Å². The lowest BCUT2D eigenvalue weighted by Gasteiger charge is -2.24. The van der Waals surface area contributed by atoms with Gasteiger partial charge in [0.25, 0.3) is 0 Å². The van der Waals surface area contributed by atoms with Crippen LogP contribution in [0, 0.1) is 6.92 Å². The predicted octanol–water partition coefficient (Wildman–Crippen LogP) is 3.54. The van der Waals surface area contributed by atoms with E-state index in [0.29, 0.717) is 12.3 Å². The second-order valence-electron chi connectivity index (χ2n) is 5.09. The molecule has 3 N–H and O–H groups in total. The molecular weight excluding hydrogens is 330 g/mol. The molecule has 4 heteroatoms. The number of rotatable bonds is 5. The van der Waals surface area contributed by atoms with Crippen LogP contribution in [0.3, 0.4) is 0 Å². The van der Waals surface area contributed by atoms with E-state index in [2.05, 4.69) is 15.9 Å². The minimum Gasteiger partial charge on any atom is -0.496 e. The van der Waals surface area contributed by atoms with Crippen LogP contribution >= 0.6 is 15.9 Å². The molecule has 3 nitrogen and oxygen atoms in total. The number of benzene rings is 2. The highest BCUT2D eigenvalue weighted by molar-refractivity contribution is 9.10. The Morgan fingerprint density at radius 1 is 1.24 bits per heavy atom. The van der Waals surface area contributed by atoms with Crippen LogP contribution < -0.4 is 10.5 Å². The lowest BCUT2D eigenvalue weighted by molar-refractivity contribution is 0.143. The minimum atomic E-state index is -0.709. The molecule has 0 radical (unpaired) electrons. The van der Waals surface area contributed by atoms with Gasteiger partial charge in [-0.25, -0.2) is 0 Å². The van der Waals surface area contributed by atoms with E-state index in [-0.39, 0.29) is 5.92 Å². The van der Waals surface area contributed by atoms with Crippen molar-refractivity contribution in [2.75, 3.05) is 13.7 Å². The van der Waals surface area contributed by atoms with Gasteiger partial charge in [0.2, 0.25) is 0 Å². The zero-order valence-corrected chi connectivity index (χ0v) is 13.8. The number of aliphatic hydroxyl groups is 1. The Hall–Kier alpha value is -1.36. The van der Waals surface area contributed by atoms with Gasteiger partial charge < -0.3 is 15.6 Å². The van der Waals surface area contributed by atoms with Crippen molar-refractivity contribution in [3.05, 3.63) is 63.6 Å². The van der Waals surface area contributed by atoms with Crippen molar-refractivity contribution >= 4 is 15.9 Å². The van der Waals surface area contributed by atoms with Crippen LogP contribution in [-0.4, -0.2) is 18.8 Å². The molecule has 0 heterocycles. The smallest absolute Gasteiger partial charge is 0.124 e. The van der Waals surface area contributed by atoms with Crippen molar-refractivity contribution < 1.29 is 9.84 Å². The molecule has 21 heavy (non-hydrogen) atoms. The first-order chi connectivity index (χ1) is 10.1. The molecule has 0 bridgehead atoms. The van der Waals surface area contributed by atoms with Gasteiger partial charge in [-0.15, -0.1) is 0 Å². The van der Waals surface area contributed by atoms with Gasteiger partial charge in [-0.2, -0.15) is 0 Å². The Bertz CT molecular complexity index is 615. The van der Waals surface area contributed by atoms with Gasteiger partial charge in [0.1, 0.15) is 5.75 Å². The molecule has 0 saturated heterocycles. The third-order valence-electron chi connectivity index (χ3n) is 3.62. The second kappa shape index (κ2) is 7.07. The summed E-state index contributed by atoms with van der Waals surface area (Å²) in [5.74, 6) is 0.500. The first-order valence-corrected chi connectivity index (χ1v) is 7.64. The maximum atomic E-state index is 10.8. The molecule has 0 aromatic heterocycles. The summed E-state index contributed by atoms with van der Waals surface area (Å²) in [6.45, 7) is 2.35. The topological polar surface area (TPSA) is 55.5 Å². The van der Waals surface area contributed by atoms with Crippen LogP contribution in [0.4, 0.5) is 0 Å². The Kier molecular flexibility index (Phi) is 5.39. The van der Waals surface area contributed by atoms with E-state index in [4.69, 9.17) is 10.5 Å². The van der Waals surface area contributed by atoms with Crippen molar-refractivity contribution in [2.45, 2.75) is 18.9 Å². The number of halogens is 1. The van der Waals surface area contributed by atoms with E-state index in [1.54, 1.807) is 7.11 Å². The summed E-state index contributed by atoms with van der Waals surface area (Å²) in [7, 11) is 1.61. The molecule has 2 atom stereocenters. The highest BCUT2D eigenvalue weighted by atomic mass is 79.9. The fourth-order valence-corrected chi connectivity index (χ4v) is 2.90. The summed E-state index contributed by atoms with van der Waals surface area (Å²) >= 11 is 3.46. The lowest BCUT2D eigenvalue weighted by Crippen LogP contribution is -2.20. The predicted molar refractivity (Wildman–Crippen MR) is 88.6 cm³/mol. The van der Waals surface area contributed by atoms with Gasteiger partial charge in [0.05, 0.1) is 13.2 Å². The number of aliphatic hydroxyl groups excluding tert-OH is 1. The molecule has 0 aliphatic heterocycles. The SMILES string of the molecule is COc1ccc(C)cc1C(O)C(CN)c1cccc(Br)c1. The quantitative estimate of drug-likeness (QED) is 0.867. The third-order valence-corrected chi connectivity index (χ3v) is 4.11. The summed E-state index contributed by atoms with van der Waals surface area (Å²) in [6.07, 6.45) is -0.709. The first kappa shape index (κ1) is 16.0. The highest BCUT2D eigenvalue weighted by Gasteiger charge is 2.24. The van der Waals surface area contributed by atoms with Crippen molar-refractivity contribution in [1.82, 2.24) is 0 Å². The molecule has 2 aromatic carbocycles. The van der Waals surface area contributed by atoms with Crippen molar-refractivity contribution in [1.29, 1.82) is 0 Å². The zero-order valence-electron chi connectivity index (χ0n) is 12.2. The molecule has 0 aliphatic carbocycles. The van der Waals surface area contributed by atoms with E-state index < -0.39 is 6.10 Å². The van der Waals surface area contributed by atoms with Gasteiger partial charge in [-0.1, -0.05) is 39.7 Å². The molecule has 2 rings (SSSR count). The fourth-order valence-electron chi connectivity index (χ4n) is 2.49. The van der Waals surface area contributed by atoms with Crippen LogP contribution in [-0.2, 0) is 0 Å². The van der Waals surface area contributed by atoms with Crippen molar-refractivity contribution in [2.24, 2.45) is 5.73 Å². The van der Waals surface area contributed by atoms with Gasteiger partial charge >= 0.3 is 0 Å². The minimum absolute atomic E-state index is 0.182. The molecule has 0 saturated carbocycles. The second-order valence-corrected chi connectivity index (χ2v) is 6.00. The number of methoxy groups -OCH3 is 1. The molecule has 2 unspecified atom stereocenters. The van der Waals surface area contributed by atoms with Crippen molar-refractivity contribution in [3.8, 4) is 5.75 Å². The summed E-state index contributed by atoms with van der Waals surface area (Å²) < 4.78 is 6.34. The molecule has 0 fully saturated rings. The maximum absolute atomic E-state index is 10.8. The molecule has 0 aliphatic rings. The molecular formula is C17H20BrNO2. The first-order valence-electron chi connectivity index (χ1n) is 6.85. The van der Waals surface area contributed by atoms with Gasteiger partial charge in [0, 0.05) is 22.5 Å². The van der Waals surface area contributed by atoms with Gasteiger partial charge in [0.15, 0.2) is 0 Å². The van der Waals surface area contributed by atoms with E-state index in [0.717, 1.165) is 21.2 Å². The summed E-state index contributed by atoms with van der Waals surface area (Å²) in [6, 6.07) is 13.7. The number of aryl methyl sites for hydroxylation is 1. The van der Waals surface area contributed by atoms with Crippen LogP contribution in [0.2, 0.25) is 0 Å². The average Bonchev–Trinajstić information content (AvgIpc) is 2.48. The molecule has 0 amide bonds. The average molecular weight is 350 g/mol. The number of nitrogens with two attached hydrogens (primary N) is 1. The van der Waals surface area contributed by atoms with Crippen LogP contribution in [0.15, 0.2) is 46.9 Å². The Morgan fingerprint density at radius 2 is 2.00 bits per heavy atom. The third kappa shape index (κ3) is 3.64. The monoisotopic (exact) mass is 349 g/mol. The standard InChI is InChI=1S/C17H20BrNO2/c1-11-6-7-16(21-2)14(8-11)17(20)15(10-19)12-4-3-5-13(18)9-12/h3-9,15,17,20H,10,19H2,1-2H3. The number of hydrogen-bond acceptors (Lipinski definition) is 3. The number of ether oxygens (including phenoxy) is 1. The summed E-state index contributed by atoms with van der Waals surface area (Å²) in [5, 5.41) is 10.8. The van der Waals surface area contributed by atoms with Crippen LogP contribution in [0.25, 0.3) is 0 Å². The summed E-state index contributed by atoms with van der Waals surface area (Å²) in [4.78, 5) is 0. The molecule has 2 aromatic rings. The lowest BCUT2D eigenvalue weighted by atomic mass is 9.88. The van der Waals surface area contributed by atoms with Gasteiger partial charge in [-0.3, -0.25) is 0 Å². The largest absolute Gasteiger partial charge is 0.496 e. The normalized spacial score (nSPS) is 13.8. The van der Waals surface area contributed by atoms with Gasteiger partial charge in [-0.05, 0) is 36.8 Å². The summed E-state index contributed by atoms with van der Waals surface area (Å²) in [5.41, 5.74) is 8.76. The van der Waals surface area contributed by atoms with Crippen molar-refractivity contribution in [3.63, 3.8) is 0 Å². The fraction of sp³-hybridized carbons (Fsp3) is 0.294. The highest BCUT2D eigenvalue weighted by Crippen LogP contribution is 2.36. The van der Waals surface area contributed by atoms with Crippen LogP contribution in [0.1, 0.15) is 28.7 Å². The number of hydrogen-bond donors (Lipinski definition) is 2. The molecule has 112 valence electrons. The van der Waals surface area contributed by atoms with E-state index in [1.165, 1.54) is 0 Å². The maximum Gasteiger partial charge on any atom is 0.124 e. The van der Waals surface area contributed by atoms with E-state index >= 15 is 0 Å². The van der Waals surface area contributed by atoms with Crippen LogP contribution in [0.5, 0.6) is 5.75 Å².